The second kappa shape index (κ2) is 3.91. The summed E-state index contributed by atoms with van der Waals surface area (Å²) in [6.07, 6.45) is 1.78. The molecule has 1 aromatic carbocycles. The van der Waals surface area contributed by atoms with E-state index in [4.69, 9.17) is 0 Å². The van der Waals surface area contributed by atoms with E-state index in [0.29, 0.717) is 0 Å². The van der Waals surface area contributed by atoms with Crippen LogP contribution in [0.2, 0.25) is 0 Å². The van der Waals surface area contributed by atoms with Gasteiger partial charge in [0, 0.05) is 6.20 Å². The number of aromatic nitrogens is 2. The van der Waals surface area contributed by atoms with E-state index >= 15 is 0 Å². The van der Waals surface area contributed by atoms with Crippen LogP contribution in [0.3, 0.4) is 0 Å². The molecule has 0 bridgehead atoms. The zero-order chi connectivity index (χ0) is 12.6. The number of nitrogens with zero attached hydrogens (tertiary/aromatic N) is 1. The van der Waals surface area contributed by atoms with Crippen LogP contribution in [0.25, 0.3) is 11.1 Å². The highest BCUT2D eigenvalue weighted by Gasteiger charge is 2.18. The highest BCUT2D eigenvalue weighted by molar-refractivity contribution is 5.61. The van der Waals surface area contributed by atoms with E-state index in [2.05, 4.69) is 5.10 Å². The summed E-state index contributed by atoms with van der Waals surface area (Å²) in [5, 5.41) is 3.03. The number of benzene rings is 1. The lowest BCUT2D eigenvalue weighted by atomic mass is 10.1. The van der Waals surface area contributed by atoms with Gasteiger partial charge in [-0.15, -0.1) is 0 Å². The molecule has 2 rings (SSSR count). The Hall–Kier alpha value is -1.77. The molecule has 3 heteroatoms. The molecular formula is C14H18N2O. The minimum Gasteiger partial charge on any atom is -0.302 e. The quantitative estimate of drug-likeness (QED) is 0.803. The second-order valence-electron chi connectivity index (χ2n) is 5.36. The smallest absolute Gasteiger partial charge is 0.274 e. The largest absolute Gasteiger partial charge is 0.302 e. The third-order valence-corrected chi connectivity index (χ3v) is 2.80. The van der Waals surface area contributed by atoms with Gasteiger partial charge in [0.25, 0.3) is 5.56 Å². The lowest BCUT2D eigenvalue weighted by Crippen LogP contribution is -2.32. The maximum Gasteiger partial charge on any atom is 0.274 e. The second-order valence-corrected chi connectivity index (χ2v) is 5.36. The standard InChI is InChI=1S/C14H18N2O/c1-10-5-7-11(8-6-10)12-9-15-16(13(12)17)14(2,3)4/h5-9,15H,1-4H3. The van der Waals surface area contributed by atoms with Gasteiger partial charge in [-0.05, 0) is 33.3 Å². The van der Waals surface area contributed by atoms with Crippen molar-refractivity contribution in [2.24, 2.45) is 0 Å². The molecule has 0 fully saturated rings. The van der Waals surface area contributed by atoms with Crippen molar-refractivity contribution in [3.8, 4) is 11.1 Å². The molecule has 1 aromatic heterocycles. The fourth-order valence-electron chi connectivity index (χ4n) is 1.81. The van der Waals surface area contributed by atoms with E-state index in [-0.39, 0.29) is 11.1 Å². The van der Waals surface area contributed by atoms with Gasteiger partial charge in [-0.25, -0.2) is 4.68 Å². The molecule has 0 aliphatic carbocycles. The number of hydrogen-bond donors (Lipinski definition) is 1. The van der Waals surface area contributed by atoms with Crippen molar-refractivity contribution in [1.29, 1.82) is 0 Å². The molecule has 1 heterocycles. The highest BCUT2D eigenvalue weighted by atomic mass is 16.1. The van der Waals surface area contributed by atoms with Crippen LogP contribution < -0.4 is 5.56 Å². The van der Waals surface area contributed by atoms with Crippen molar-refractivity contribution < 1.29 is 0 Å². The Balaban J connectivity index is 2.52. The van der Waals surface area contributed by atoms with Crippen LogP contribution in [-0.4, -0.2) is 9.78 Å². The summed E-state index contributed by atoms with van der Waals surface area (Å²) >= 11 is 0. The fraction of sp³-hybridized carbons (Fsp3) is 0.357. The Morgan fingerprint density at radius 2 is 1.71 bits per heavy atom. The van der Waals surface area contributed by atoms with Gasteiger partial charge >= 0.3 is 0 Å². The summed E-state index contributed by atoms with van der Waals surface area (Å²) in [4.78, 5) is 12.2. The van der Waals surface area contributed by atoms with Crippen molar-refractivity contribution in [3.05, 3.63) is 46.4 Å². The Bertz CT molecular complexity index is 568. The van der Waals surface area contributed by atoms with Crippen LogP contribution in [0.4, 0.5) is 0 Å². The minimum absolute atomic E-state index is 0.0290. The van der Waals surface area contributed by atoms with Gasteiger partial charge in [-0.1, -0.05) is 29.8 Å². The first-order valence-electron chi connectivity index (χ1n) is 5.77. The van der Waals surface area contributed by atoms with Gasteiger partial charge in [0.05, 0.1) is 11.1 Å². The number of aromatic amines is 1. The first kappa shape index (κ1) is 11.7. The Morgan fingerprint density at radius 1 is 1.12 bits per heavy atom. The van der Waals surface area contributed by atoms with E-state index in [1.165, 1.54) is 5.56 Å². The van der Waals surface area contributed by atoms with Gasteiger partial charge in [0.2, 0.25) is 0 Å². The Labute approximate surface area is 101 Å². The Morgan fingerprint density at radius 3 is 2.18 bits per heavy atom. The summed E-state index contributed by atoms with van der Waals surface area (Å²) in [6.45, 7) is 8.05. The molecule has 0 saturated carbocycles. The summed E-state index contributed by atoms with van der Waals surface area (Å²) in [5.74, 6) is 0. The van der Waals surface area contributed by atoms with E-state index in [1.54, 1.807) is 10.9 Å². The van der Waals surface area contributed by atoms with Crippen LogP contribution in [-0.2, 0) is 5.54 Å². The predicted molar refractivity (Wildman–Crippen MR) is 70.2 cm³/mol. The molecule has 17 heavy (non-hydrogen) atoms. The third-order valence-electron chi connectivity index (χ3n) is 2.80. The molecule has 2 aromatic rings. The van der Waals surface area contributed by atoms with Crippen LogP contribution in [0.15, 0.2) is 35.3 Å². The zero-order valence-electron chi connectivity index (χ0n) is 10.7. The molecule has 90 valence electrons. The van der Waals surface area contributed by atoms with E-state index in [9.17, 15) is 4.79 Å². The molecule has 0 atom stereocenters. The summed E-state index contributed by atoms with van der Waals surface area (Å²) in [6, 6.07) is 7.99. The first-order chi connectivity index (χ1) is 7.89. The number of rotatable bonds is 1. The van der Waals surface area contributed by atoms with Crippen LogP contribution >= 0.6 is 0 Å². The monoisotopic (exact) mass is 230 g/mol. The van der Waals surface area contributed by atoms with Gasteiger partial charge in [-0.3, -0.25) is 4.79 Å². The molecule has 0 aliphatic heterocycles. The van der Waals surface area contributed by atoms with Gasteiger partial charge in [0.1, 0.15) is 0 Å². The van der Waals surface area contributed by atoms with Crippen molar-refractivity contribution in [1.82, 2.24) is 9.78 Å². The average Bonchev–Trinajstić information content (AvgIpc) is 2.61. The maximum absolute atomic E-state index is 12.2. The molecule has 0 amide bonds. The molecule has 0 spiro atoms. The third kappa shape index (κ3) is 2.18. The summed E-state index contributed by atoms with van der Waals surface area (Å²) in [5.41, 5.74) is 2.68. The van der Waals surface area contributed by atoms with Crippen molar-refractivity contribution in [2.75, 3.05) is 0 Å². The van der Waals surface area contributed by atoms with Crippen LogP contribution in [0.1, 0.15) is 26.3 Å². The van der Waals surface area contributed by atoms with Gasteiger partial charge < -0.3 is 5.10 Å². The van der Waals surface area contributed by atoms with Gasteiger partial charge in [0.15, 0.2) is 0 Å². The number of nitrogens with one attached hydrogen (secondary N) is 1. The molecule has 0 radical (unpaired) electrons. The van der Waals surface area contributed by atoms with Gasteiger partial charge in [-0.2, -0.15) is 0 Å². The normalized spacial score (nSPS) is 11.8. The molecule has 3 nitrogen and oxygen atoms in total. The first-order valence-corrected chi connectivity index (χ1v) is 5.77. The van der Waals surface area contributed by atoms with Crippen molar-refractivity contribution >= 4 is 0 Å². The molecule has 1 N–H and O–H groups in total. The topological polar surface area (TPSA) is 37.8 Å². The number of H-pyrrole nitrogens is 1. The van der Waals surface area contributed by atoms with Crippen molar-refractivity contribution in [3.63, 3.8) is 0 Å². The van der Waals surface area contributed by atoms with E-state index < -0.39 is 0 Å². The summed E-state index contributed by atoms with van der Waals surface area (Å²) in [7, 11) is 0. The molecular weight excluding hydrogens is 212 g/mol. The molecule has 0 aliphatic rings. The Kier molecular flexibility index (Phi) is 2.69. The van der Waals surface area contributed by atoms with E-state index in [1.807, 2.05) is 52.0 Å². The van der Waals surface area contributed by atoms with Crippen LogP contribution in [0, 0.1) is 6.92 Å². The number of hydrogen-bond acceptors (Lipinski definition) is 1. The molecule has 0 unspecified atom stereocenters. The minimum atomic E-state index is -0.222. The summed E-state index contributed by atoms with van der Waals surface area (Å²) < 4.78 is 1.65. The number of aryl methyl sites for hydroxylation is 1. The predicted octanol–water partition coefficient (Wildman–Crippen LogP) is 2.91. The average molecular weight is 230 g/mol. The maximum atomic E-state index is 12.2. The van der Waals surface area contributed by atoms with E-state index in [0.717, 1.165) is 11.1 Å². The van der Waals surface area contributed by atoms with Crippen molar-refractivity contribution in [2.45, 2.75) is 33.2 Å². The zero-order valence-corrected chi connectivity index (χ0v) is 10.7. The lowest BCUT2D eigenvalue weighted by molar-refractivity contribution is 0.346. The lowest BCUT2D eigenvalue weighted by Gasteiger charge is -2.18. The highest BCUT2D eigenvalue weighted by Crippen LogP contribution is 2.17. The SMILES string of the molecule is Cc1ccc(-c2c[nH]n(C(C)(C)C)c2=O)cc1. The molecule has 0 saturated heterocycles. The fourth-order valence-corrected chi connectivity index (χ4v) is 1.81. The van der Waals surface area contributed by atoms with Crippen LogP contribution in [0.5, 0.6) is 0 Å².